The van der Waals surface area contributed by atoms with Crippen LogP contribution in [0.4, 0.5) is 4.79 Å². The molecule has 1 atom stereocenters. The number of likely N-dealkylation sites (tertiary alicyclic amines) is 1. The highest BCUT2D eigenvalue weighted by atomic mass is 16.5. The second-order valence-electron chi connectivity index (χ2n) is 7.74. The van der Waals surface area contributed by atoms with Crippen molar-refractivity contribution in [1.29, 1.82) is 0 Å². The van der Waals surface area contributed by atoms with Crippen LogP contribution in [0.1, 0.15) is 28.0 Å². The Morgan fingerprint density at radius 1 is 1.44 bits per heavy atom. The Morgan fingerprint density at radius 2 is 2.31 bits per heavy atom. The average Bonchev–Trinajstić information content (AvgIpc) is 3.47. The third kappa shape index (κ3) is 3.54. The van der Waals surface area contributed by atoms with Crippen molar-refractivity contribution < 1.29 is 24.2 Å². The highest BCUT2D eigenvalue weighted by molar-refractivity contribution is 6.15. The van der Waals surface area contributed by atoms with E-state index in [4.69, 9.17) is 14.6 Å². The molecule has 0 bridgehead atoms. The highest BCUT2D eigenvalue weighted by Crippen LogP contribution is 2.41. The van der Waals surface area contributed by atoms with Gasteiger partial charge < -0.3 is 19.9 Å². The summed E-state index contributed by atoms with van der Waals surface area (Å²) in [5.41, 5.74) is 2.42. The molecule has 0 spiro atoms. The van der Waals surface area contributed by atoms with E-state index in [1.807, 2.05) is 6.07 Å². The van der Waals surface area contributed by atoms with Crippen molar-refractivity contribution in [3.63, 3.8) is 0 Å². The third-order valence-corrected chi connectivity index (χ3v) is 5.73. The number of carbonyl (C=O) groups excluding carboxylic acids is 1. The van der Waals surface area contributed by atoms with Gasteiger partial charge in [-0.05, 0) is 30.7 Å². The van der Waals surface area contributed by atoms with E-state index in [1.165, 1.54) is 0 Å². The lowest BCUT2D eigenvalue weighted by atomic mass is 10.0. The second-order valence-corrected chi connectivity index (χ2v) is 7.74. The monoisotopic (exact) mass is 435 g/mol. The van der Waals surface area contributed by atoms with Crippen molar-refractivity contribution >= 4 is 29.0 Å². The number of nitrogens with zero attached hydrogens (tertiary/aromatic N) is 3. The van der Waals surface area contributed by atoms with E-state index in [-0.39, 0.29) is 17.6 Å². The fourth-order valence-corrected chi connectivity index (χ4v) is 4.23. The van der Waals surface area contributed by atoms with Gasteiger partial charge in [0.25, 0.3) is 0 Å². The first-order valence-electron chi connectivity index (χ1n) is 10.2. The quantitative estimate of drug-likeness (QED) is 0.521. The van der Waals surface area contributed by atoms with E-state index >= 15 is 0 Å². The number of benzene rings is 1. The number of carboxylic acid groups (broad SMARTS) is 1. The number of aromatic amines is 1. The minimum Gasteiger partial charge on any atom is -0.496 e. The largest absolute Gasteiger partial charge is 0.496 e. The first-order valence-corrected chi connectivity index (χ1v) is 10.2. The number of rotatable bonds is 5. The number of allylic oxidation sites excluding steroid dienone is 1. The molecule has 2 aliphatic rings. The normalized spacial score (nSPS) is 19.3. The van der Waals surface area contributed by atoms with Gasteiger partial charge >= 0.3 is 6.09 Å². The molecule has 0 saturated carbocycles. The first-order chi connectivity index (χ1) is 15.5. The van der Waals surface area contributed by atoms with E-state index in [1.54, 1.807) is 37.6 Å². The predicted octanol–water partition coefficient (Wildman–Crippen LogP) is 2.42. The Balaban J connectivity index is 1.44. The number of Topliss-reactive ketones (excluding diaryl/α,β-unsaturated/α-hetero) is 1. The third-order valence-electron chi connectivity index (χ3n) is 5.73. The smallest absolute Gasteiger partial charge is 0.404 e. The average molecular weight is 435 g/mol. The molecular weight excluding hydrogens is 414 g/mol. The van der Waals surface area contributed by atoms with Crippen LogP contribution < -0.4 is 14.8 Å². The zero-order chi connectivity index (χ0) is 22.2. The van der Waals surface area contributed by atoms with Crippen LogP contribution in [-0.4, -0.2) is 63.3 Å². The molecule has 1 amide bonds. The Hall–Kier alpha value is -3.92. The molecule has 164 valence electrons. The molecule has 0 aliphatic carbocycles. The van der Waals surface area contributed by atoms with Gasteiger partial charge in [0, 0.05) is 43.3 Å². The molecule has 5 rings (SSSR count). The summed E-state index contributed by atoms with van der Waals surface area (Å²) in [7, 11) is 1.57. The second kappa shape index (κ2) is 7.97. The van der Waals surface area contributed by atoms with Gasteiger partial charge in [0.15, 0.2) is 11.4 Å². The summed E-state index contributed by atoms with van der Waals surface area (Å²) in [5.74, 6) is 1.03. The van der Waals surface area contributed by atoms with Crippen LogP contribution in [0.2, 0.25) is 0 Å². The van der Waals surface area contributed by atoms with E-state index in [0.717, 1.165) is 23.9 Å². The molecule has 0 radical (unpaired) electrons. The minimum absolute atomic E-state index is 0.130. The van der Waals surface area contributed by atoms with Crippen molar-refractivity contribution in [3.8, 4) is 11.5 Å². The lowest BCUT2D eigenvalue weighted by molar-refractivity contribution is 0.101. The Kier molecular flexibility index (Phi) is 4.98. The zero-order valence-corrected chi connectivity index (χ0v) is 17.3. The Bertz CT molecular complexity index is 1250. The summed E-state index contributed by atoms with van der Waals surface area (Å²) in [5, 5.41) is 19.4. The molecule has 32 heavy (non-hydrogen) atoms. The van der Waals surface area contributed by atoms with Crippen molar-refractivity contribution in [2.75, 3.05) is 20.2 Å². The van der Waals surface area contributed by atoms with Gasteiger partial charge in [-0.3, -0.25) is 14.8 Å². The molecule has 10 heteroatoms. The lowest BCUT2D eigenvalue weighted by Gasteiger charge is -2.19. The molecule has 3 aromatic rings. The van der Waals surface area contributed by atoms with E-state index < -0.39 is 6.09 Å². The van der Waals surface area contributed by atoms with Crippen LogP contribution in [-0.2, 0) is 6.54 Å². The molecule has 1 saturated heterocycles. The fraction of sp³-hybridized carbons (Fsp3) is 0.273. The predicted molar refractivity (Wildman–Crippen MR) is 115 cm³/mol. The van der Waals surface area contributed by atoms with Crippen molar-refractivity contribution in [2.45, 2.75) is 19.0 Å². The summed E-state index contributed by atoms with van der Waals surface area (Å²) in [6, 6.07) is 7.00. The van der Waals surface area contributed by atoms with E-state index in [9.17, 15) is 9.59 Å². The summed E-state index contributed by atoms with van der Waals surface area (Å²) in [6.07, 6.45) is 2.97. The molecular formula is C22H21N5O5. The van der Waals surface area contributed by atoms with Crippen LogP contribution in [0.15, 0.2) is 36.2 Å². The maximum Gasteiger partial charge on any atom is 0.404 e. The lowest BCUT2D eigenvalue weighted by Crippen LogP contribution is -2.35. The van der Waals surface area contributed by atoms with Gasteiger partial charge in [-0.1, -0.05) is 0 Å². The number of amides is 1. The maximum absolute atomic E-state index is 13.0. The zero-order valence-electron chi connectivity index (χ0n) is 17.3. The molecule has 2 aromatic heterocycles. The van der Waals surface area contributed by atoms with Gasteiger partial charge in [0.2, 0.25) is 5.78 Å². The molecule has 10 nitrogen and oxygen atoms in total. The number of H-pyrrole nitrogens is 1. The minimum atomic E-state index is -1.03. The number of ether oxygens (including phenoxy) is 2. The maximum atomic E-state index is 13.0. The van der Waals surface area contributed by atoms with Crippen LogP contribution in [0.5, 0.6) is 11.5 Å². The number of hydrogen-bond acceptors (Lipinski definition) is 7. The number of pyridine rings is 1. The summed E-state index contributed by atoms with van der Waals surface area (Å²) < 4.78 is 11.6. The Labute approximate surface area is 182 Å². The molecule has 3 N–H and O–H groups in total. The van der Waals surface area contributed by atoms with Crippen LogP contribution in [0.25, 0.3) is 17.1 Å². The molecule has 2 aliphatic heterocycles. The Morgan fingerprint density at radius 3 is 3.12 bits per heavy atom. The molecule has 1 fully saturated rings. The summed E-state index contributed by atoms with van der Waals surface area (Å²) in [4.78, 5) is 30.3. The molecule has 4 heterocycles. The number of ketones is 1. The highest BCUT2D eigenvalue weighted by Gasteiger charge is 2.33. The van der Waals surface area contributed by atoms with Crippen molar-refractivity contribution in [2.24, 2.45) is 0 Å². The number of carbonyl (C=O) groups is 2. The standard InChI is InChI=1S/C22H21N5O5/c1-31-17-5-4-14-19(28)18(9-16-13-3-2-7-23-21(13)26-25-16)32-20(14)15(17)11-27-8-6-12(10-27)24-22(29)30/h2-5,7,9,12,24H,6,8,10-11H2,1H3,(H,29,30)(H,23,25,26)/b18-9-/t12-/m0/s1. The van der Waals surface area contributed by atoms with Gasteiger partial charge in [-0.25, -0.2) is 9.78 Å². The van der Waals surface area contributed by atoms with Gasteiger partial charge in [0.05, 0.1) is 23.9 Å². The van der Waals surface area contributed by atoms with Gasteiger partial charge in [-0.15, -0.1) is 0 Å². The van der Waals surface area contributed by atoms with Gasteiger partial charge in [-0.2, -0.15) is 5.10 Å². The molecule has 0 unspecified atom stereocenters. The van der Waals surface area contributed by atoms with E-state index in [2.05, 4.69) is 25.4 Å². The van der Waals surface area contributed by atoms with Gasteiger partial charge in [0.1, 0.15) is 11.5 Å². The molecule has 1 aromatic carbocycles. The number of fused-ring (bicyclic) bond motifs is 2. The van der Waals surface area contributed by atoms with Crippen molar-refractivity contribution in [3.05, 3.63) is 53.0 Å². The number of hydrogen-bond donors (Lipinski definition) is 3. The van der Waals surface area contributed by atoms with Crippen LogP contribution in [0.3, 0.4) is 0 Å². The van der Waals surface area contributed by atoms with E-state index in [0.29, 0.717) is 41.5 Å². The number of methoxy groups -OCH3 is 1. The number of nitrogens with one attached hydrogen (secondary N) is 2. The SMILES string of the molecule is COc1ccc2c(c1CN1CC[C@H](NC(=O)O)C1)O/C(=C\c1n[nH]c3ncccc13)C2=O. The topological polar surface area (TPSA) is 130 Å². The summed E-state index contributed by atoms with van der Waals surface area (Å²) >= 11 is 0. The van der Waals surface area contributed by atoms with Crippen LogP contribution >= 0.6 is 0 Å². The summed E-state index contributed by atoms with van der Waals surface area (Å²) in [6.45, 7) is 1.77. The van der Waals surface area contributed by atoms with Crippen molar-refractivity contribution in [1.82, 2.24) is 25.4 Å². The van der Waals surface area contributed by atoms with Crippen LogP contribution in [0, 0.1) is 0 Å². The first kappa shape index (κ1) is 20.0. The fourth-order valence-electron chi connectivity index (χ4n) is 4.23. The number of aromatic nitrogens is 3.